The monoisotopic (exact) mass is 308 g/mol. The first-order chi connectivity index (χ1) is 10.5. The highest BCUT2D eigenvalue weighted by Crippen LogP contribution is 2.15. The maximum absolute atomic E-state index is 12.3. The summed E-state index contributed by atoms with van der Waals surface area (Å²) in [7, 11) is 0. The van der Waals surface area contributed by atoms with E-state index in [0.29, 0.717) is 24.5 Å². The number of anilines is 1. The van der Waals surface area contributed by atoms with Crippen LogP contribution in [0.2, 0.25) is 0 Å². The Kier molecular flexibility index (Phi) is 5.54. The Hall–Kier alpha value is -1.89. The van der Waals surface area contributed by atoms with E-state index < -0.39 is 0 Å². The Morgan fingerprint density at radius 1 is 1.32 bits per heavy atom. The molecule has 0 bridgehead atoms. The van der Waals surface area contributed by atoms with E-state index in [9.17, 15) is 9.59 Å². The van der Waals surface area contributed by atoms with Gasteiger partial charge in [0.25, 0.3) is 0 Å². The van der Waals surface area contributed by atoms with Gasteiger partial charge in [-0.2, -0.15) is 0 Å². The normalized spacial score (nSPS) is 15.9. The molecule has 2 amide bonds. The van der Waals surface area contributed by atoms with Gasteiger partial charge in [0.05, 0.1) is 0 Å². The lowest BCUT2D eigenvalue weighted by atomic mass is 10.2. The van der Waals surface area contributed by atoms with Crippen LogP contribution in [0.1, 0.15) is 26.0 Å². The summed E-state index contributed by atoms with van der Waals surface area (Å²) in [6.07, 6.45) is 0.303. The van der Waals surface area contributed by atoms with Crippen LogP contribution in [-0.4, -0.2) is 66.0 Å². The van der Waals surface area contributed by atoms with Crippen LogP contribution >= 0.6 is 0 Å². The lowest BCUT2D eigenvalue weighted by Crippen LogP contribution is -2.49. The number of piperazine rings is 1. The van der Waals surface area contributed by atoms with Crippen molar-refractivity contribution in [2.75, 3.05) is 44.2 Å². The van der Waals surface area contributed by atoms with Crippen LogP contribution in [0, 0.1) is 6.92 Å². The minimum Gasteiger partial charge on any atom is -0.360 e. The molecule has 0 radical (unpaired) electrons. The largest absolute Gasteiger partial charge is 0.360 e. The zero-order valence-corrected chi connectivity index (χ0v) is 13.5. The van der Waals surface area contributed by atoms with Crippen LogP contribution in [-0.2, 0) is 9.59 Å². The number of aryl methyl sites for hydroxylation is 1. The van der Waals surface area contributed by atoms with Gasteiger partial charge in [-0.3, -0.25) is 14.5 Å². The van der Waals surface area contributed by atoms with E-state index in [1.807, 2.05) is 4.90 Å². The molecule has 1 aliphatic rings. The van der Waals surface area contributed by atoms with Crippen molar-refractivity contribution < 1.29 is 14.1 Å². The van der Waals surface area contributed by atoms with E-state index in [1.165, 1.54) is 11.8 Å². The molecule has 0 aliphatic carbocycles. The highest BCUT2D eigenvalue weighted by molar-refractivity contribution is 5.91. The Bertz CT molecular complexity index is 521. The van der Waals surface area contributed by atoms with Crippen molar-refractivity contribution in [1.29, 1.82) is 0 Å². The van der Waals surface area contributed by atoms with Crippen LogP contribution in [0.4, 0.5) is 5.82 Å². The number of aromatic nitrogens is 1. The standard InChI is InChI=1S/C15H24N4O3/c1-4-17-7-9-18(10-8-17)15(21)5-6-19(13(3)20)14-11-12(2)22-16-14/h11H,4-10H2,1-3H3. The first kappa shape index (κ1) is 16.5. The van der Waals surface area contributed by atoms with Gasteiger partial charge in [-0.1, -0.05) is 12.1 Å². The van der Waals surface area contributed by atoms with E-state index in [1.54, 1.807) is 13.0 Å². The molecule has 7 heteroatoms. The van der Waals surface area contributed by atoms with Gasteiger partial charge in [-0.15, -0.1) is 0 Å². The Labute approximate surface area is 130 Å². The average molecular weight is 308 g/mol. The third-order valence-corrected chi connectivity index (χ3v) is 3.99. The molecule has 1 saturated heterocycles. The van der Waals surface area contributed by atoms with E-state index in [2.05, 4.69) is 17.0 Å². The van der Waals surface area contributed by atoms with E-state index >= 15 is 0 Å². The first-order valence-electron chi connectivity index (χ1n) is 7.72. The molecule has 0 unspecified atom stereocenters. The SMILES string of the molecule is CCN1CCN(C(=O)CCN(C(C)=O)c2cc(C)on2)CC1. The highest BCUT2D eigenvalue weighted by atomic mass is 16.5. The topological polar surface area (TPSA) is 69.9 Å². The van der Waals surface area contributed by atoms with Crippen molar-refractivity contribution in [2.45, 2.75) is 27.2 Å². The number of carbonyl (C=O) groups excluding carboxylic acids is 2. The third-order valence-electron chi connectivity index (χ3n) is 3.99. The molecule has 0 aromatic carbocycles. The fourth-order valence-corrected chi connectivity index (χ4v) is 2.59. The third kappa shape index (κ3) is 4.07. The number of likely N-dealkylation sites (N-methyl/N-ethyl adjacent to an activating group) is 1. The molecule has 0 N–H and O–H groups in total. The maximum Gasteiger partial charge on any atom is 0.225 e. The summed E-state index contributed by atoms with van der Waals surface area (Å²) >= 11 is 0. The Morgan fingerprint density at radius 3 is 2.50 bits per heavy atom. The lowest BCUT2D eigenvalue weighted by molar-refractivity contribution is -0.132. The number of hydrogen-bond donors (Lipinski definition) is 0. The van der Waals surface area contributed by atoms with Crippen LogP contribution in [0.3, 0.4) is 0 Å². The zero-order chi connectivity index (χ0) is 16.1. The lowest BCUT2D eigenvalue weighted by Gasteiger charge is -2.34. The summed E-state index contributed by atoms with van der Waals surface area (Å²) in [4.78, 5) is 29.7. The molecule has 1 aliphatic heterocycles. The molecule has 122 valence electrons. The van der Waals surface area contributed by atoms with Crippen LogP contribution in [0.15, 0.2) is 10.6 Å². The number of hydrogen-bond acceptors (Lipinski definition) is 5. The molecule has 0 atom stereocenters. The fourth-order valence-electron chi connectivity index (χ4n) is 2.59. The van der Waals surface area contributed by atoms with Crippen molar-refractivity contribution >= 4 is 17.6 Å². The summed E-state index contributed by atoms with van der Waals surface area (Å²) in [6.45, 7) is 10.1. The number of rotatable bonds is 5. The van der Waals surface area contributed by atoms with Gasteiger partial charge in [0.1, 0.15) is 5.76 Å². The highest BCUT2D eigenvalue weighted by Gasteiger charge is 2.22. The maximum atomic E-state index is 12.3. The van der Waals surface area contributed by atoms with Gasteiger partial charge in [0.15, 0.2) is 5.82 Å². The molecule has 1 aromatic rings. The summed E-state index contributed by atoms with van der Waals surface area (Å²) in [6, 6.07) is 1.70. The molecular weight excluding hydrogens is 284 g/mol. The quantitative estimate of drug-likeness (QED) is 0.808. The smallest absolute Gasteiger partial charge is 0.225 e. The van der Waals surface area contributed by atoms with Crippen molar-refractivity contribution in [2.24, 2.45) is 0 Å². The summed E-state index contributed by atoms with van der Waals surface area (Å²) in [5, 5.41) is 3.85. The van der Waals surface area contributed by atoms with Crippen LogP contribution in [0.25, 0.3) is 0 Å². The van der Waals surface area contributed by atoms with Crippen molar-refractivity contribution in [3.8, 4) is 0 Å². The van der Waals surface area contributed by atoms with Crippen molar-refractivity contribution in [3.05, 3.63) is 11.8 Å². The molecule has 0 saturated carbocycles. The molecule has 1 fully saturated rings. The molecule has 2 heterocycles. The Balaban J connectivity index is 1.87. The van der Waals surface area contributed by atoms with Crippen LogP contribution in [0.5, 0.6) is 0 Å². The van der Waals surface area contributed by atoms with E-state index in [4.69, 9.17) is 4.52 Å². The summed E-state index contributed by atoms with van der Waals surface area (Å²) < 4.78 is 5.00. The molecular formula is C15H24N4O3. The fraction of sp³-hybridized carbons (Fsp3) is 0.667. The second-order valence-electron chi connectivity index (χ2n) is 5.53. The molecule has 7 nitrogen and oxygen atoms in total. The molecule has 0 spiro atoms. The van der Waals surface area contributed by atoms with Crippen LogP contribution < -0.4 is 4.90 Å². The minimum absolute atomic E-state index is 0.0854. The van der Waals surface area contributed by atoms with Gasteiger partial charge >= 0.3 is 0 Å². The predicted molar refractivity (Wildman–Crippen MR) is 82.6 cm³/mol. The first-order valence-corrected chi connectivity index (χ1v) is 7.72. The average Bonchev–Trinajstić information content (AvgIpc) is 2.93. The Morgan fingerprint density at radius 2 is 2.00 bits per heavy atom. The molecule has 2 rings (SSSR count). The van der Waals surface area contributed by atoms with Gasteiger partial charge in [-0.25, -0.2) is 0 Å². The molecule has 22 heavy (non-hydrogen) atoms. The van der Waals surface area contributed by atoms with Crippen molar-refractivity contribution in [3.63, 3.8) is 0 Å². The molecule has 1 aromatic heterocycles. The zero-order valence-electron chi connectivity index (χ0n) is 13.5. The van der Waals surface area contributed by atoms with Gasteiger partial charge in [0.2, 0.25) is 11.8 Å². The summed E-state index contributed by atoms with van der Waals surface area (Å²) in [5.74, 6) is 1.05. The predicted octanol–water partition coefficient (Wildman–Crippen LogP) is 0.890. The van der Waals surface area contributed by atoms with E-state index in [-0.39, 0.29) is 11.8 Å². The van der Waals surface area contributed by atoms with Gasteiger partial charge < -0.3 is 14.3 Å². The van der Waals surface area contributed by atoms with Gasteiger partial charge in [0, 0.05) is 52.1 Å². The second kappa shape index (κ2) is 7.40. The minimum atomic E-state index is -0.142. The number of nitrogens with zero attached hydrogens (tertiary/aromatic N) is 4. The number of amides is 2. The second-order valence-corrected chi connectivity index (χ2v) is 5.53. The number of carbonyl (C=O) groups is 2. The van der Waals surface area contributed by atoms with Gasteiger partial charge in [-0.05, 0) is 13.5 Å². The van der Waals surface area contributed by atoms with E-state index in [0.717, 1.165) is 32.7 Å². The summed E-state index contributed by atoms with van der Waals surface area (Å²) in [5.41, 5.74) is 0. The van der Waals surface area contributed by atoms with Crippen molar-refractivity contribution in [1.82, 2.24) is 15.0 Å².